The minimum atomic E-state index is -2.74. The highest BCUT2D eigenvalue weighted by atomic mass is 16.9. The van der Waals surface area contributed by atoms with Crippen molar-refractivity contribution in [2.75, 3.05) is 33.5 Å². The summed E-state index contributed by atoms with van der Waals surface area (Å²) in [6.45, 7) is 0.295. The van der Waals surface area contributed by atoms with E-state index in [0.717, 1.165) is 5.23 Å². The molecule has 12 nitrogen and oxygen atoms in total. The van der Waals surface area contributed by atoms with Gasteiger partial charge < -0.3 is 30.6 Å². The number of aliphatic carboxylic acids is 3. The van der Waals surface area contributed by atoms with Gasteiger partial charge in [-0.25, -0.2) is 4.79 Å². The smallest absolute Gasteiger partial charge is 0.336 e. The van der Waals surface area contributed by atoms with E-state index >= 15 is 0 Å². The lowest BCUT2D eigenvalue weighted by Crippen LogP contribution is -2.42. The molecule has 0 aliphatic rings. The molecule has 0 rings (SSSR count). The fraction of sp³-hybridized carbons (Fsp3) is 0.727. The summed E-state index contributed by atoms with van der Waals surface area (Å²) < 4.78 is 0. The maximum atomic E-state index is 10.3. The molecular weight excluding hydrogens is 322 g/mol. The second-order valence-corrected chi connectivity index (χ2v) is 4.03. The zero-order chi connectivity index (χ0) is 18.5. The molecule has 0 amide bonds. The molecule has 0 bridgehead atoms. The van der Waals surface area contributed by atoms with E-state index in [0.29, 0.717) is 0 Å². The molecule has 0 aromatic heterocycles. The zero-order valence-electron chi connectivity index (χ0n) is 12.4. The van der Waals surface area contributed by atoms with Crippen LogP contribution < -0.4 is 0 Å². The summed E-state index contributed by atoms with van der Waals surface area (Å²) in [6.07, 6.45) is -2.29. The summed E-state index contributed by atoms with van der Waals surface area (Å²) in [4.78, 5) is 40.0. The molecular formula is C11H21NO11. The van der Waals surface area contributed by atoms with Gasteiger partial charge in [0.2, 0.25) is 0 Å². The lowest BCUT2D eigenvalue weighted by Gasteiger charge is -2.18. The first kappa shape index (κ1) is 23.4. The van der Waals surface area contributed by atoms with Gasteiger partial charge in [0, 0.05) is 7.05 Å². The monoisotopic (exact) mass is 343 g/mol. The number of carboxylic acid groups (broad SMARTS) is 3. The lowest BCUT2D eigenvalue weighted by molar-refractivity contribution is -0.356. The molecule has 136 valence electrons. The highest BCUT2D eigenvalue weighted by molar-refractivity contribution is 5.88. The Labute approximate surface area is 131 Å². The van der Waals surface area contributed by atoms with E-state index in [1.54, 1.807) is 7.05 Å². The van der Waals surface area contributed by atoms with Gasteiger partial charge in [-0.15, -0.1) is 0 Å². The number of hydrogen-bond acceptors (Lipinski definition) is 9. The van der Waals surface area contributed by atoms with Crippen molar-refractivity contribution in [2.45, 2.75) is 18.4 Å². The van der Waals surface area contributed by atoms with Gasteiger partial charge in [0.05, 0.1) is 39.3 Å². The van der Waals surface area contributed by atoms with Crippen molar-refractivity contribution in [3.8, 4) is 0 Å². The van der Waals surface area contributed by atoms with Crippen LogP contribution in [0.1, 0.15) is 12.8 Å². The SMILES string of the molecule is CN(OCCO)OCCO.O=C(O)CC(O)(CC(=O)O)C(=O)O. The largest absolute Gasteiger partial charge is 0.481 e. The van der Waals surface area contributed by atoms with Crippen LogP contribution in [0.4, 0.5) is 0 Å². The number of aliphatic hydroxyl groups excluding tert-OH is 2. The molecule has 0 aliphatic carbocycles. The molecule has 0 saturated heterocycles. The first-order valence-electron chi connectivity index (χ1n) is 6.19. The van der Waals surface area contributed by atoms with Crippen molar-refractivity contribution in [3.63, 3.8) is 0 Å². The lowest BCUT2D eigenvalue weighted by atomic mass is 9.96. The molecule has 0 saturated carbocycles. The summed E-state index contributed by atoms with van der Waals surface area (Å²) in [5.74, 6) is -5.02. The average molecular weight is 343 g/mol. The number of hydroxylamine groups is 2. The molecule has 0 heterocycles. The molecule has 6 N–H and O–H groups in total. The van der Waals surface area contributed by atoms with Crippen LogP contribution in [0.5, 0.6) is 0 Å². The fourth-order valence-electron chi connectivity index (χ4n) is 1.09. The molecule has 0 unspecified atom stereocenters. The Morgan fingerprint density at radius 3 is 1.48 bits per heavy atom. The molecule has 0 aromatic carbocycles. The van der Waals surface area contributed by atoms with Gasteiger partial charge in [-0.05, 0) is 0 Å². The molecule has 12 heteroatoms. The van der Waals surface area contributed by atoms with Crippen LogP contribution >= 0.6 is 0 Å². The summed E-state index contributed by atoms with van der Waals surface area (Å²) in [6, 6.07) is 0. The second kappa shape index (κ2) is 12.7. The Morgan fingerprint density at radius 1 is 0.913 bits per heavy atom. The molecule has 0 radical (unpaired) electrons. The van der Waals surface area contributed by atoms with Gasteiger partial charge in [0.1, 0.15) is 0 Å². The first-order valence-corrected chi connectivity index (χ1v) is 6.19. The maximum Gasteiger partial charge on any atom is 0.336 e. The summed E-state index contributed by atoms with van der Waals surface area (Å²) in [5.41, 5.74) is -2.74. The number of carboxylic acids is 3. The van der Waals surface area contributed by atoms with Gasteiger partial charge in [-0.3, -0.25) is 19.3 Å². The molecule has 0 spiro atoms. The second-order valence-electron chi connectivity index (χ2n) is 4.03. The molecule has 23 heavy (non-hydrogen) atoms. The number of nitrogens with zero attached hydrogens (tertiary/aromatic N) is 1. The van der Waals surface area contributed by atoms with Crippen LogP contribution in [0, 0.1) is 0 Å². The quantitative estimate of drug-likeness (QED) is 0.216. The van der Waals surface area contributed by atoms with Gasteiger partial charge >= 0.3 is 17.9 Å². The van der Waals surface area contributed by atoms with E-state index in [-0.39, 0.29) is 26.4 Å². The minimum Gasteiger partial charge on any atom is -0.481 e. The predicted molar refractivity (Wildman–Crippen MR) is 70.9 cm³/mol. The Kier molecular flexibility index (Phi) is 12.9. The van der Waals surface area contributed by atoms with Crippen molar-refractivity contribution in [3.05, 3.63) is 0 Å². The Morgan fingerprint density at radius 2 is 1.26 bits per heavy atom. The fourth-order valence-corrected chi connectivity index (χ4v) is 1.09. The third-order valence-corrected chi connectivity index (χ3v) is 2.01. The highest BCUT2D eigenvalue weighted by Gasteiger charge is 2.40. The van der Waals surface area contributed by atoms with E-state index in [1.165, 1.54) is 0 Å². The highest BCUT2D eigenvalue weighted by Crippen LogP contribution is 2.15. The predicted octanol–water partition coefficient (Wildman–Crippen LogP) is -2.48. The van der Waals surface area contributed by atoms with E-state index < -0.39 is 36.4 Å². The van der Waals surface area contributed by atoms with Crippen molar-refractivity contribution < 1.29 is 54.7 Å². The number of carbonyl (C=O) groups is 3. The normalized spacial score (nSPS) is 10.8. The van der Waals surface area contributed by atoms with Crippen molar-refractivity contribution in [2.24, 2.45) is 0 Å². The maximum absolute atomic E-state index is 10.3. The average Bonchev–Trinajstić information content (AvgIpc) is 2.41. The van der Waals surface area contributed by atoms with Crippen LogP contribution in [-0.2, 0) is 24.1 Å². The van der Waals surface area contributed by atoms with Crippen LogP contribution in [0.3, 0.4) is 0 Å². The molecule has 0 aromatic rings. The van der Waals surface area contributed by atoms with Gasteiger partial charge in [-0.2, -0.15) is 0 Å². The number of rotatable bonds is 11. The van der Waals surface area contributed by atoms with Crippen LogP contribution in [0.15, 0.2) is 0 Å². The van der Waals surface area contributed by atoms with E-state index in [1.807, 2.05) is 0 Å². The van der Waals surface area contributed by atoms with E-state index in [9.17, 15) is 14.4 Å². The molecule has 0 fully saturated rings. The summed E-state index contributed by atoms with van der Waals surface area (Å²) in [5, 5.41) is 51.5. The van der Waals surface area contributed by atoms with E-state index in [2.05, 4.69) is 0 Å². The van der Waals surface area contributed by atoms with Crippen molar-refractivity contribution >= 4 is 17.9 Å². The first-order chi connectivity index (χ1) is 10.6. The van der Waals surface area contributed by atoms with Gasteiger partial charge in [-0.1, -0.05) is 5.23 Å². The van der Waals surface area contributed by atoms with Crippen LogP contribution in [-0.4, -0.2) is 92.8 Å². The summed E-state index contributed by atoms with van der Waals surface area (Å²) in [7, 11) is 1.55. The summed E-state index contributed by atoms with van der Waals surface area (Å²) >= 11 is 0. The van der Waals surface area contributed by atoms with Crippen LogP contribution in [0.2, 0.25) is 0 Å². The number of hydrogen-bond donors (Lipinski definition) is 6. The van der Waals surface area contributed by atoms with Crippen LogP contribution in [0.25, 0.3) is 0 Å². The van der Waals surface area contributed by atoms with Gasteiger partial charge in [0.15, 0.2) is 5.60 Å². The Hall–Kier alpha value is -1.83. The Balaban J connectivity index is 0. The van der Waals surface area contributed by atoms with Crippen molar-refractivity contribution in [1.29, 1.82) is 0 Å². The topological polar surface area (TPSA) is 194 Å². The third kappa shape index (κ3) is 13.5. The Bertz CT molecular complexity index is 349. The standard InChI is InChI=1S/C6H8O7.C5H13NO4/c7-3(8)1-6(13,5(11)12)2-4(9)10;1-6(9-4-2-7)10-5-3-8/h13H,1-2H2,(H,7,8)(H,9,10)(H,11,12);7-8H,2-5H2,1H3. The molecule has 0 aliphatic heterocycles. The van der Waals surface area contributed by atoms with Crippen molar-refractivity contribution in [1.82, 2.24) is 5.23 Å². The third-order valence-electron chi connectivity index (χ3n) is 2.01. The van der Waals surface area contributed by atoms with E-state index in [4.69, 9.17) is 40.3 Å². The zero-order valence-corrected chi connectivity index (χ0v) is 12.4. The molecule has 0 atom stereocenters. The number of aliphatic hydroxyl groups is 3. The van der Waals surface area contributed by atoms with Gasteiger partial charge in [0.25, 0.3) is 0 Å². The minimum absolute atomic E-state index is 0.0488.